The Bertz CT molecular complexity index is 582. The number of amides is 1. The van der Waals surface area contributed by atoms with Gasteiger partial charge in [0.05, 0.1) is 11.0 Å². The summed E-state index contributed by atoms with van der Waals surface area (Å²) < 4.78 is 6.63. The van der Waals surface area contributed by atoms with Crippen LogP contribution in [0.4, 0.5) is 0 Å². The molecule has 1 heterocycles. The number of thioether (sulfide) groups is 1. The van der Waals surface area contributed by atoms with E-state index < -0.39 is 0 Å². The van der Waals surface area contributed by atoms with E-state index in [-0.39, 0.29) is 17.2 Å². The molecule has 6 heteroatoms. The Kier molecular flexibility index (Phi) is 4.31. The van der Waals surface area contributed by atoms with Gasteiger partial charge in [0.25, 0.3) is 5.91 Å². The highest BCUT2D eigenvalue weighted by molar-refractivity contribution is 9.10. The first-order valence-electron chi connectivity index (χ1n) is 5.70. The number of halogens is 1. The zero-order valence-electron chi connectivity index (χ0n) is 10.5. The second-order valence-corrected chi connectivity index (χ2v) is 6.19. The van der Waals surface area contributed by atoms with Crippen molar-refractivity contribution in [2.24, 2.45) is 10.7 Å². The number of nitrogens with two attached hydrogens (primary N) is 1. The largest absolute Gasteiger partial charge is 0.490 e. The highest BCUT2D eigenvalue weighted by atomic mass is 79.9. The minimum atomic E-state index is -0.307. The molecule has 2 N–H and O–H groups in total. The molecule has 1 aromatic carbocycles. The second-order valence-electron chi connectivity index (χ2n) is 4.21. The number of carbonyl (C=O) groups is 1. The average Bonchev–Trinajstić information content (AvgIpc) is 2.61. The van der Waals surface area contributed by atoms with Crippen molar-refractivity contribution >= 4 is 44.8 Å². The van der Waals surface area contributed by atoms with Crippen molar-refractivity contribution in [1.82, 2.24) is 0 Å². The molecular formula is C13H13BrN2O2S. The highest BCUT2D eigenvalue weighted by Gasteiger charge is 2.20. The normalized spacial score (nSPS) is 17.2. The fourth-order valence-electron chi connectivity index (χ4n) is 1.56. The predicted octanol–water partition coefficient (Wildman–Crippen LogP) is 3.17. The summed E-state index contributed by atoms with van der Waals surface area (Å²) >= 11 is 4.58. The first-order chi connectivity index (χ1) is 8.95. The molecule has 0 atom stereocenters. The van der Waals surface area contributed by atoms with E-state index in [9.17, 15) is 4.79 Å². The van der Waals surface area contributed by atoms with E-state index in [1.165, 1.54) is 11.8 Å². The van der Waals surface area contributed by atoms with E-state index in [1.54, 1.807) is 6.08 Å². The fourth-order valence-corrected chi connectivity index (χ4v) is 2.61. The van der Waals surface area contributed by atoms with Crippen molar-refractivity contribution in [2.75, 3.05) is 0 Å². The molecule has 1 aliphatic heterocycles. The van der Waals surface area contributed by atoms with E-state index >= 15 is 0 Å². The Labute approximate surface area is 124 Å². The van der Waals surface area contributed by atoms with Crippen LogP contribution in [0.2, 0.25) is 0 Å². The van der Waals surface area contributed by atoms with Crippen molar-refractivity contribution in [2.45, 2.75) is 20.0 Å². The second kappa shape index (κ2) is 5.79. The average molecular weight is 341 g/mol. The summed E-state index contributed by atoms with van der Waals surface area (Å²) in [4.78, 5) is 15.8. The number of hydrogen-bond donors (Lipinski definition) is 1. The molecule has 1 aliphatic rings. The van der Waals surface area contributed by atoms with Crippen molar-refractivity contribution in [3.05, 3.63) is 33.1 Å². The zero-order valence-corrected chi connectivity index (χ0v) is 12.9. The molecule has 19 heavy (non-hydrogen) atoms. The minimum absolute atomic E-state index is 0.0616. The quantitative estimate of drug-likeness (QED) is 0.858. The van der Waals surface area contributed by atoms with E-state index in [1.807, 2.05) is 32.0 Å². The van der Waals surface area contributed by atoms with Crippen LogP contribution in [0.25, 0.3) is 6.08 Å². The highest BCUT2D eigenvalue weighted by Crippen LogP contribution is 2.31. The van der Waals surface area contributed by atoms with E-state index in [2.05, 4.69) is 20.9 Å². The van der Waals surface area contributed by atoms with Crippen LogP contribution in [-0.4, -0.2) is 17.2 Å². The Morgan fingerprint density at radius 1 is 1.47 bits per heavy atom. The van der Waals surface area contributed by atoms with Gasteiger partial charge in [-0.15, -0.1) is 0 Å². The van der Waals surface area contributed by atoms with Crippen LogP contribution in [0.3, 0.4) is 0 Å². The summed E-state index contributed by atoms with van der Waals surface area (Å²) in [7, 11) is 0. The SMILES string of the molecule is CC(C)Oc1ccc(Br)cc1/C=C1/SC(N)=NC1=O. The summed E-state index contributed by atoms with van der Waals surface area (Å²) in [6, 6.07) is 5.66. The van der Waals surface area contributed by atoms with Crippen molar-refractivity contribution in [3.8, 4) is 5.75 Å². The monoisotopic (exact) mass is 340 g/mol. The summed E-state index contributed by atoms with van der Waals surface area (Å²) in [6.45, 7) is 3.91. The first-order valence-corrected chi connectivity index (χ1v) is 7.31. The third-order valence-electron chi connectivity index (χ3n) is 2.26. The lowest BCUT2D eigenvalue weighted by Crippen LogP contribution is -2.06. The lowest BCUT2D eigenvalue weighted by Gasteiger charge is -2.13. The number of amidine groups is 1. The standard InChI is InChI=1S/C13H13BrN2O2S/c1-7(2)18-10-4-3-9(14)5-8(10)6-11-12(17)16-13(15)19-11/h3-7H,1-2H3,(H2,15,16,17)/b11-6+. The van der Waals surface area contributed by atoms with Crippen LogP contribution in [0, 0.1) is 0 Å². The third-order valence-corrected chi connectivity index (χ3v) is 3.56. The van der Waals surface area contributed by atoms with Crippen LogP contribution in [-0.2, 0) is 4.79 Å². The van der Waals surface area contributed by atoms with Gasteiger partial charge in [0.15, 0.2) is 5.17 Å². The molecule has 0 aliphatic carbocycles. The number of carbonyl (C=O) groups excluding carboxylic acids is 1. The fraction of sp³-hybridized carbons (Fsp3) is 0.231. The maximum Gasteiger partial charge on any atom is 0.286 e. The number of ether oxygens (including phenoxy) is 1. The van der Waals surface area contributed by atoms with Crippen molar-refractivity contribution < 1.29 is 9.53 Å². The van der Waals surface area contributed by atoms with Crippen LogP contribution in [0.15, 0.2) is 32.6 Å². The summed E-state index contributed by atoms with van der Waals surface area (Å²) in [5.74, 6) is 0.419. The molecule has 4 nitrogen and oxygen atoms in total. The minimum Gasteiger partial charge on any atom is -0.490 e. The maximum atomic E-state index is 11.6. The molecule has 0 unspecified atom stereocenters. The van der Waals surface area contributed by atoms with Gasteiger partial charge in [0.2, 0.25) is 0 Å². The molecular weight excluding hydrogens is 328 g/mol. The number of rotatable bonds is 3. The first kappa shape index (κ1) is 14.1. The van der Waals surface area contributed by atoms with Crippen LogP contribution >= 0.6 is 27.7 Å². The van der Waals surface area contributed by atoms with Gasteiger partial charge in [-0.05, 0) is 49.9 Å². The molecule has 0 fully saturated rings. The molecule has 0 spiro atoms. The summed E-state index contributed by atoms with van der Waals surface area (Å²) in [6.07, 6.45) is 1.81. The van der Waals surface area contributed by atoms with E-state index in [4.69, 9.17) is 10.5 Å². The van der Waals surface area contributed by atoms with Crippen LogP contribution in [0.5, 0.6) is 5.75 Å². The predicted molar refractivity (Wildman–Crippen MR) is 82.1 cm³/mol. The van der Waals surface area contributed by atoms with Gasteiger partial charge in [0, 0.05) is 10.0 Å². The summed E-state index contributed by atoms with van der Waals surface area (Å²) in [5.41, 5.74) is 6.35. The number of benzene rings is 1. The Morgan fingerprint density at radius 2 is 2.21 bits per heavy atom. The molecule has 0 bridgehead atoms. The zero-order chi connectivity index (χ0) is 14.0. The Morgan fingerprint density at radius 3 is 2.79 bits per heavy atom. The molecule has 0 saturated carbocycles. The van der Waals surface area contributed by atoms with Gasteiger partial charge in [-0.2, -0.15) is 4.99 Å². The van der Waals surface area contributed by atoms with Gasteiger partial charge in [-0.25, -0.2) is 0 Å². The maximum absolute atomic E-state index is 11.6. The lowest BCUT2D eigenvalue weighted by molar-refractivity contribution is -0.113. The lowest BCUT2D eigenvalue weighted by atomic mass is 10.2. The number of nitrogens with zero attached hydrogens (tertiary/aromatic N) is 1. The number of hydrogen-bond acceptors (Lipinski definition) is 4. The molecule has 2 rings (SSSR count). The molecule has 0 radical (unpaired) electrons. The smallest absolute Gasteiger partial charge is 0.286 e. The molecule has 1 aromatic rings. The topological polar surface area (TPSA) is 64.7 Å². The Balaban J connectivity index is 2.36. The summed E-state index contributed by atoms with van der Waals surface area (Å²) in [5, 5.41) is 0.276. The van der Waals surface area contributed by atoms with Crippen molar-refractivity contribution in [3.63, 3.8) is 0 Å². The Hall–Kier alpha value is -1.27. The third kappa shape index (κ3) is 3.61. The van der Waals surface area contributed by atoms with Gasteiger partial charge in [-0.3, -0.25) is 4.79 Å². The van der Waals surface area contributed by atoms with Gasteiger partial charge >= 0.3 is 0 Å². The van der Waals surface area contributed by atoms with Crippen molar-refractivity contribution in [1.29, 1.82) is 0 Å². The van der Waals surface area contributed by atoms with E-state index in [0.717, 1.165) is 15.8 Å². The molecule has 0 aromatic heterocycles. The van der Waals surface area contributed by atoms with Gasteiger partial charge in [0.1, 0.15) is 5.75 Å². The molecule has 0 saturated heterocycles. The van der Waals surface area contributed by atoms with Gasteiger partial charge < -0.3 is 10.5 Å². The van der Waals surface area contributed by atoms with E-state index in [0.29, 0.717) is 4.91 Å². The molecule has 1 amide bonds. The molecule has 100 valence electrons. The van der Waals surface area contributed by atoms with Gasteiger partial charge in [-0.1, -0.05) is 15.9 Å². The van der Waals surface area contributed by atoms with Crippen LogP contribution < -0.4 is 10.5 Å². The number of aliphatic imine (C=N–C) groups is 1. The van der Waals surface area contributed by atoms with Crippen LogP contribution in [0.1, 0.15) is 19.4 Å².